The van der Waals surface area contributed by atoms with Gasteiger partial charge in [-0.15, -0.1) is 0 Å². The first kappa shape index (κ1) is 12.9. The first-order chi connectivity index (χ1) is 9.74. The van der Waals surface area contributed by atoms with Crippen molar-refractivity contribution in [2.24, 2.45) is 0 Å². The summed E-state index contributed by atoms with van der Waals surface area (Å²) in [5, 5.41) is 5.32. The van der Waals surface area contributed by atoms with Gasteiger partial charge in [0.15, 0.2) is 0 Å². The second-order valence-electron chi connectivity index (χ2n) is 4.82. The highest BCUT2D eigenvalue weighted by Crippen LogP contribution is 2.24. The molecule has 0 amide bonds. The predicted molar refractivity (Wildman–Crippen MR) is 85.3 cm³/mol. The molecule has 0 atom stereocenters. The Morgan fingerprint density at radius 3 is 2.85 bits per heavy atom. The predicted octanol–water partition coefficient (Wildman–Crippen LogP) is 4.81. The number of aryl methyl sites for hydroxylation is 1. The van der Waals surface area contributed by atoms with E-state index in [2.05, 4.69) is 29.4 Å². The van der Waals surface area contributed by atoms with Gasteiger partial charge in [0.25, 0.3) is 0 Å². The highest BCUT2D eigenvalue weighted by molar-refractivity contribution is 6.33. The van der Waals surface area contributed by atoms with E-state index in [4.69, 9.17) is 11.6 Å². The smallest absolute Gasteiger partial charge is 0.0705 e. The second kappa shape index (κ2) is 5.51. The number of nitrogens with one attached hydrogen (secondary N) is 1. The summed E-state index contributed by atoms with van der Waals surface area (Å²) in [5.41, 5.74) is 4.39. The van der Waals surface area contributed by atoms with Crippen LogP contribution in [-0.4, -0.2) is 4.98 Å². The molecule has 2 aromatic carbocycles. The van der Waals surface area contributed by atoms with Crippen molar-refractivity contribution >= 4 is 28.2 Å². The van der Waals surface area contributed by atoms with Crippen molar-refractivity contribution in [3.63, 3.8) is 0 Å². The lowest BCUT2D eigenvalue weighted by Gasteiger charge is -2.11. The van der Waals surface area contributed by atoms with Gasteiger partial charge in [-0.1, -0.05) is 35.9 Å². The summed E-state index contributed by atoms with van der Waals surface area (Å²) >= 11 is 6.21. The van der Waals surface area contributed by atoms with Crippen LogP contribution in [0, 0.1) is 6.92 Å². The number of halogens is 1. The number of aromatic nitrogens is 1. The first-order valence-electron chi connectivity index (χ1n) is 6.57. The molecule has 1 aromatic heterocycles. The second-order valence-corrected chi connectivity index (χ2v) is 5.23. The number of anilines is 1. The third kappa shape index (κ3) is 2.61. The van der Waals surface area contributed by atoms with Gasteiger partial charge in [-0.25, -0.2) is 0 Å². The lowest BCUT2D eigenvalue weighted by Crippen LogP contribution is -2.01. The van der Waals surface area contributed by atoms with E-state index >= 15 is 0 Å². The molecule has 0 saturated heterocycles. The van der Waals surface area contributed by atoms with Crippen LogP contribution in [0.4, 0.5) is 5.69 Å². The fourth-order valence-electron chi connectivity index (χ4n) is 2.27. The molecule has 0 radical (unpaired) electrons. The molecule has 0 aliphatic heterocycles. The summed E-state index contributed by atoms with van der Waals surface area (Å²) in [6.45, 7) is 2.79. The van der Waals surface area contributed by atoms with Crippen LogP contribution in [0.15, 0.2) is 54.7 Å². The molecule has 0 fully saturated rings. The van der Waals surface area contributed by atoms with Crippen LogP contribution in [0.1, 0.15) is 11.1 Å². The molecule has 2 nitrogen and oxygen atoms in total. The highest BCUT2D eigenvalue weighted by atomic mass is 35.5. The van der Waals surface area contributed by atoms with Crippen LogP contribution in [0.5, 0.6) is 0 Å². The molecule has 0 bridgehead atoms. The summed E-state index contributed by atoms with van der Waals surface area (Å²) < 4.78 is 0. The Balaban J connectivity index is 1.89. The molecule has 3 heteroatoms. The number of fused-ring (bicyclic) bond motifs is 1. The van der Waals surface area contributed by atoms with Crippen molar-refractivity contribution in [3.05, 3.63) is 70.9 Å². The van der Waals surface area contributed by atoms with Gasteiger partial charge in [-0.2, -0.15) is 0 Å². The van der Waals surface area contributed by atoms with Gasteiger partial charge in [0.05, 0.1) is 16.2 Å². The minimum Gasteiger partial charge on any atom is -0.380 e. The molecule has 0 saturated carbocycles. The number of hydrogen-bond acceptors (Lipinski definition) is 2. The van der Waals surface area contributed by atoms with Gasteiger partial charge >= 0.3 is 0 Å². The average molecular weight is 283 g/mol. The molecule has 0 aliphatic rings. The maximum absolute atomic E-state index is 6.21. The number of rotatable bonds is 3. The number of benzene rings is 2. The van der Waals surface area contributed by atoms with Crippen molar-refractivity contribution in [2.75, 3.05) is 5.32 Å². The zero-order valence-corrected chi connectivity index (χ0v) is 12.0. The Labute approximate surface area is 123 Å². The van der Waals surface area contributed by atoms with Crippen molar-refractivity contribution in [1.29, 1.82) is 0 Å². The number of hydrogen-bond donors (Lipinski definition) is 1. The summed E-state index contributed by atoms with van der Waals surface area (Å²) in [5.74, 6) is 0. The van der Waals surface area contributed by atoms with Gasteiger partial charge in [0.2, 0.25) is 0 Å². The van der Waals surface area contributed by atoms with Crippen molar-refractivity contribution < 1.29 is 0 Å². The van der Waals surface area contributed by atoms with E-state index < -0.39 is 0 Å². The third-order valence-electron chi connectivity index (χ3n) is 3.33. The molecule has 3 aromatic rings. The van der Waals surface area contributed by atoms with E-state index in [1.54, 1.807) is 0 Å². The van der Waals surface area contributed by atoms with Crippen LogP contribution in [0.2, 0.25) is 5.02 Å². The molecule has 20 heavy (non-hydrogen) atoms. The minimum atomic E-state index is 0.728. The Hall–Kier alpha value is -2.06. The topological polar surface area (TPSA) is 24.9 Å². The standard InChI is InChI=1S/C17H15ClN2/c1-12-6-7-15(18)17(10-12)20-11-13-8-9-19-16-5-3-2-4-14(13)16/h2-10,20H,11H2,1H3. The van der Waals surface area contributed by atoms with Gasteiger partial charge in [-0.05, 0) is 42.3 Å². The monoisotopic (exact) mass is 282 g/mol. The van der Waals surface area contributed by atoms with Crippen LogP contribution in [0.3, 0.4) is 0 Å². The normalized spacial score (nSPS) is 10.7. The largest absolute Gasteiger partial charge is 0.380 e. The van der Waals surface area contributed by atoms with E-state index in [0.717, 1.165) is 22.8 Å². The lowest BCUT2D eigenvalue weighted by atomic mass is 10.1. The maximum atomic E-state index is 6.21. The Bertz CT molecular complexity index is 748. The Morgan fingerprint density at radius 2 is 1.95 bits per heavy atom. The van der Waals surface area contributed by atoms with Crippen LogP contribution in [-0.2, 0) is 6.54 Å². The number of nitrogens with zero attached hydrogens (tertiary/aromatic N) is 1. The number of pyridine rings is 1. The van der Waals surface area contributed by atoms with Crippen molar-refractivity contribution in [2.45, 2.75) is 13.5 Å². The SMILES string of the molecule is Cc1ccc(Cl)c(NCc2ccnc3ccccc23)c1. The number of para-hydroxylation sites is 1. The molecule has 3 rings (SSSR count). The van der Waals surface area contributed by atoms with E-state index in [0.29, 0.717) is 0 Å². The van der Waals surface area contributed by atoms with Gasteiger partial charge < -0.3 is 5.32 Å². The molecule has 0 spiro atoms. The van der Waals surface area contributed by atoms with Gasteiger partial charge in [0, 0.05) is 18.1 Å². The van der Waals surface area contributed by atoms with Gasteiger partial charge in [-0.3, -0.25) is 4.98 Å². The fourth-order valence-corrected chi connectivity index (χ4v) is 2.46. The summed E-state index contributed by atoms with van der Waals surface area (Å²) in [6, 6.07) is 16.2. The molecular weight excluding hydrogens is 268 g/mol. The maximum Gasteiger partial charge on any atom is 0.0705 e. The van der Waals surface area contributed by atoms with Gasteiger partial charge in [0.1, 0.15) is 0 Å². The zero-order chi connectivity index (χ0) is 13.9. The van der Waals surface area contributed by atoms with E-state index in [1.165, 1.54) is 16.5 Å². The third-order valence-corrected chi connectivity index (χ3v) is 3.66. The molecule has 0 unspecified atom stereocenters. The lowest BCUT2D eigenvalue weighted by molar-refractivity contribution is 1.15. The van der Waals surface area contributed by atoms with Crippen LogP contribution in [0.25, 0.3) is 10.9 Å². The highest BCUT2D eigenvalue weighted by Gasteiger charge is 2.03. The Morgan fingerprint density at radius 1 is 1.10 bits per heavy atom. The molecule has 1 N–H and O–H groups in total. The molecule has 0 aliphatic carbocycles. The minimum absolute atomic E-state index is 0.728. The zero-order valence-electron chi connectivity index (χ0n) is 11.2. The quantitative estimate of drug-likeness (QED) is 0.746. The Kier molecular flexibility index (Phi) is 3.57. The van der Waals surface area contributed by atoms with Crippen molar-refractivity contribution in [3.8, 4) is 0 Å². The molecule has 1 heterocycles. The first-order valence-corrected chi connectivity index (χ1v) is 6.94. The molecular formula is C17H15ClN2. The summed E-state index contributed by atoms with van der Waals surface area (Å²) in [4.78, 5) is 4.37. The van der Waals surface area contributed by atoms with E-state index in [9.17, 15) is 0 Å². The van der Waals surface area contributed by atoms with Crippen molar-refractivity contribution in [1.82, 2.24) is 4.98 Å². The van der Waals surface area contributed by atoms with E-state index in [1.807, 2.05) is 42.6 Å². The fraction of sp³-hybridized carbons (Fsp3) is 0.118. The molecule has 100 valence electrons. The van der Waals surface area contributed by atoms with Crippen LogP contribution >= 0.6 is 11.6 Å². The summed E-state index contributed by atoms with van der Waals surface area (Å²) in [6.07, 6.45) is 1.84. The average Bonchev–Trinajstić information content (AvgIpc) is 2.48. The summed E-state index contributed by atoms with van der Waals surface area (Å²) in [7, 11) is 0. The van der Waals surface area contributed by atoms with Crippen LogP contribution < -0.4 is 5.32 Å². The van der Waals surface area contributed by atoms with E-state index in [-0.39, 0.29) is 0 Å².